The average Bonchev–Trinajstić information content (AvgIpc) is 3.55. The predicted molar refractivity (Wildman–Crippen MR) is 142 cm³/mol. The highest BCUT2D eigenvalue weighted by atomic mass is 19.1. The summed E-state index contributed by atoms with van der Waals surface area (Å²) >= 11 is 0. The molecule has 2 heterocycles. The van der Waals surface area contributed by atoms with Crippen LogP contribution in [-0.4, -0.2) is 30.7 Å². The Labute approximate surface area is 217 Å². The van der Waals surface area contributed by atoms with Crippen LogP contribution in [-0.2, 0) is 13.1 Å². The summed E-state index contributed by atoms with van der Waals surface area (Å²) < 4.78 is 17.9. The highest BCUT2D eigenvalue weighted by molar-refractivity contribution is 5.98. The zero-order valence-corrected chi connectivity index (χ0v) is 20.6. The quantitative estimate of drug-likeness (QED) is 0.376. The Balaban J connectivity index is 1.53. The molecule has 1 aliphatic carbocycles. The summed E-state index contributed by atoms with van der Waals surface area (Å²) in [6, 6.07) is 20.3. The van der Waals surface area contributed by atoms with Crippen molar-refractivity contribution in [2.45, 2.75) is 44.8 Å². The number of carbonyl (C=O) groups is 1. The fourth-order valence-electron chi connectivity index (χ4n) is 5.22. The summed E-state index contributed by atoms with van der Waals surface area (Å²) in [5, 5.41) is 7.87. The molecule has 1 saturated carbocycles. The second kappa shape index (κ2) is 9.74. The van der Waals surface area contributed by atoms with Gasteiger partial charge in [0.15, 0.2) is 0 Å². The van der Waals surface area contributed by atoms with Crippen LogP contribution in [0.1, 0.15) is 47.2 Å². The van der Waals surface area contributed by atoms with Crippen LogP contribution in [0.2, 0.25) is 0 Å². The Kier molecular flexibility index (Phi) is 6.11. The average molecular weight is 512 g/mol. The van der Waals surface area contributed by atoms with Crippen LogP contribution in [0.5, 0.6) is 0 Å². The maximum atomic E-state index is 13.8. The van der Waals surface area contributed by atoms with Crippen molar-refractivity contribution in [3.8, 4) is 0 Å². The van der Waals surface area contributed by atoms with Crippen LogP contribution in [0.4, 0.5) is 4.39 Å². The lowest BCUT2D eigenvalue weighted by molar-refractivity contribution is 0.0938. The third-order valence-corrected chi connectivity index (χ3v) is 7.14. The molecule has 6 rings (SSSR count). The van der Waals surface area contributed by atoms with Gasteiger partial charge in [-0.1, -0.05) is 55.3 Å². The minimum Gasteiger partial charge on any atom is -0.349 e. The molecule has 192 valence electrons. The highest BCUT2D eigenvalue weighted by Crippen LogP contribution is 2.20. The number of rotatable bonds is 6. The van der Waals surface area contributed by atoms with Crippen molar-refractivity contribution in [3.63, 3.8) is 0 Å². The van der Waals surface area contributed by atoms with Gasteiger partial charge in [0.05, 0.1) is 24.0 Å². The van der Waals surface area contributed by atoms with Gasteiger partial charge in [0.1, 0.15) is 5.82 Å². The highest BCUT2D eigenvalue weighted by Gasteiger charge is 2.21. The molecule has 1 aliphatic rings. The monoisotopic (exact) mass is 511 g/mol. The van der Waals surface area contributed by atoms with Crippen LogP contribution < -0.4 is 16.6 Å². The number of benzene rings is 3. The molecule has 2 aromatic heterocycles. The number of hydrogen-bond acceptors (Lipinski definition) is 4. The van der Waals surface area contributed by atoms with Crippen molar-refractivity contribution < 1.29 is 9.18 Å². The van der Waals surface area contributed by atoms with E-state index in [-0.39, 0.29) is 36.4 Å². The van der Waals surface area contributed by atoms with Crippen LogP contribution in [0.25, 0.3) is 16.7 Å². The van der Waals surface area contributed by atoms with Crippen LogP contribution in [0, 0.1) is 5.82 Å². The van der Waals surface area contributed by atoms with Crippen molar-refractivity contribution >= 4 is 22.6 Å². The van der Waals surface area contributed by atoms with E-state index >= 15 is 0 Å². The van der Waals surface area contributed by atoms with Crippen molar-refractivity contribution in [2.24, 2.45) is 0 Å². The maximum absolute atomic E-state index is 13.8. The number of halogens is 1. The Morgan fingerprint density at radius 2 is 1.68 bits per heavy atom. The summed E-state index contributed by atoms with van der Waals surface area (Å²) in [5.41, 5.74) is 1.31. The van der Waals surface area contributed by atoms with Gasteiger partial charge in [-0.2, -0.15) is 0 Å². The first-order valence-corrected chi connectivity index (χ1v) is 12.7. The number of aromatic nitrogens is 4. The molecular formula is C29H26FN5O3. The van der Waals surface area contributed by atoms with E-state index in [0.717, 1.165) is 31.2 Å². The van der Waals surface area contributed by atoms with Crippen LogP contribution in [0.3, 0.4) is 0 Å². The number of amides is 1. The van der Waals surface area contributed by atoms with E-state index in [1.165, 1.54) is 25.8 Å². The van der Waals surface area contributed by atoms with E-state index in [1.807, 2.05) is 30.3 Å². The van der Waals surface area contributed by atoms with Crippen LogP contribution >= 0.6 is 0 Å². The Bertz CT molecular complexity index is 1780. The summed E-state index contributed by atoms with van der Waals surface area (Å²) in [4.78, 5) is 40.3. The second-order valence-electron chi connectivity index (χ2n) is 9.77. The van der Waals surface area contributed by atoms with Crippen molar-refractivity contribution in [1.29, 1.82) is 0 Å². The summed E-state index contributed by atoms with van der Waals surface area (Å²) in [7, 11) is 0. The van der Waals surface area contributed by atoms with Gasteiger partial charge in [-0.25, -0.2) is 18.3 Å². The lowest BCUT2D eigenvalue weighted by Gasteiger charge is -2.13. The zero-order valence-electron chi connectivity index (χ0n) is 20.6. The van der Waals surface area contributed by atoms with Gasteiger partial charge in [0.25, 0.3) is 11.5 Å². The van der Waals surface area contributed by atoms with Gasteiger partial charge in [-0.15, -0.1) is 5.10 Å². The molecule has 1 amide bonds. The molecule has 0 unspecified atom stereocenters. The molecule has 8 nitrogen and oxygen atoms in total. The van der Waals surface area contributed by atoms with E-state index in [2.05, 4.69) is 10.4 Å². The van der Waals surface area contributed by atoms with E-state index in [0.29, 0.717) is 22.0 Å². The lowest BCUT2D eigenvalue weighted by atomic mass is 10.1. The molecule has 3 aromatic carbocycles. The number of fused-ring (bicyclic) bond motifs is 3. The minimum atomic E-state index is -0.482. The van der Waals surface area contributed by atoms with E-state index in [4.69, 9.17) is 0 Å². The molecule has 0 saturated heterocycles. The lowest BCUT2D eigenvalue weighted by Crippen LogP contribution is -2.33. The zero-order chi connectivity index (χ0) is 26.2. The predicted octanol–water partition coefficient (Wildman–Crippen LogP) is 3.72. The normalized spacial score (nSPS) is 13.9. The van der Waals surface area contributed by atoms with Gasteiger partial charge in [0.2, 0.25) is 5.78 Å². The standard InChI is InChI=1S/C29H26FN5O3/c30-22-10-6-9-20(15-22)18-34-29(38)35-25-16-21(26(36)31-23-11-4-5-12-23)13-14-24(25)27(37)33(28(35)32-34)17-19-7-2-1-3-8-19/h1-3,6-10,13-16,23H,4-5,11-12,17-18H2,(H,31,36). The molecule has 1 fully saturated rings. The SMILES string of the molecule is O=C(NC1CCCC1)c1ccc2c(=O)n(Cc3ccccc3)c3nn(Cc4cccc(F)c4)c(=O)n3c2c1. The maximum Gasteiger partial charge on any atom is 0.352 e. The number of carbonyl (C=O) groups excluding carboxylic acids is 1. The first-order chi connectivity index (χ1) is 18.5. The molecule has 9 heteroatoms. The Hall–Kier alpha value is -4.53. The molecular weight excluding hydrogens is 485 g/mol. The molecule has 5 aromatic rings. The molecule has 0 atom stereocenters. The third kappa shape index (κ3) is 4.40. The largest absolute Gasteiger partial charge is 0.352 e. The van der Waals surface area contributed by atoms with Gasteiger partial charge in [-0.05, 0) is 54.3 Å². The first kappa shape index (κ1) is 23.8. The smallest absolute Gasteiger partial charge is 0.349 e. The van der Waals surface area contributed by atoms with Crippen LogP contribution in [0.15, 0.2) is 82.4 Å². The Morgan fingerprint density at radius 3 is 2.45 bits per heavy atom. The first-order valence-electron chi connectivity index (χ1n) is 12.7. The van der Waals surface area contributed by atoms with Gasteiger partial charge >= 0.3 is 5.69 Å². The Morgan fingerprint density at radius 1 is 0.921 bits per heavy atom. The number of nitrogens with one attached hydrogen (secondary N) is 1. The van der Waals surface area contributed by atoms with Crippen molar-refractivity contribution in [2.75, 3.05) is 0 Å². The summed E-state index contributed by atoms with van der Waals surface area (Å²) in [6.07, 6.45) is 4.06. The van der Waals surface area contributed by atoms with E-state index in [9.17, 15) is 18.8 Å². The van der Waals surface area contributed by atoms with Crippen molar-refractivity contribution in [3.05, 3.63) is 116 Å². The molecule has 1 N–H and O–H groups in total. The third-order valence-electron chi connectivity index (χ3n) is 7.14. The molecule has 0 spiro atoms. The number of nitrogens with zero attached hydrogens (tertiary/aromatic N) is 4. The minimum absolute atomic E-state index is 0.0289. The van der Waals surface area contributed by atoms with E-state index in [1.54, 1.807) is 30.3 Å². The van der Waals surface area contributed by atoms with Gasteiger partial charge < -0.3 is 5.32 Å². The number of hydrogen-bond donors (Lipinski definition) is 1. The fraction of sp³-hybridized carbons (Fsp3) is 0.241. The van der Waals surface area contributed by atoms with Crippen molar-refractivity contribution in [1.82, 2.24) is 24.1 Å². The topological polar surface area (TPSA) is 90.4 Å². The summed E-state index contributed by atoms with van der Waals surface area (Å²) in [6.45, 7) is 0.237. The molecule has 0 aliphatic heterocycles. The molecule has 0 radical (unpaired) electrons. The fourth-order valence-corrected chi connectivity index (χ4v) is 5.22. The molecule has 0 bridgehead atoms. The second-order valence-corrected chi connectivity index (χ2v) is 9.77. The molecule has 38 heavy (non-hydrogen) atoms. The van der Waals surface area contributed by atoms with Gasteiger partial charge in [-0.3, -0.25) is 14.2 Å². The van der Waals surface area contributed by atoms with E-state index < -0.39 is 11.5 Å². The summed E-state index contributed by atoms with van der Waals surface area (Å²) in [5.74, 6) is -0.495. The van der Waals surface area contributed by atoms with Gasteiger partial charge in [0, 0.05) is 11.6 Å².